The SMILES string of the molecule is CCCCCCCCCCCCCCCCCc1c(CCCCCCCCCCCCCCCCC)c(S(=O)(=O)O)c2ccccc2c1CCCCCCCCCCCCCCCCC.[Na]. The van der Waals surface area contributed by atoms with E-state index in [0.29, 0.717) is 0 Å². The van der Waals surface area contributed by atoms with E-state index in [0.717, 1.165) is 61.3 Å². The predicted molar refractivity (Wildman–Crippen MR) is 295 cm³/mol. The van der Waals surface area contributed by atoms with Crippen molar-refractivity contribution in [1.82, 2.24) is 0 Å². The molecule has 1 N–H and O–H groups in total. The third-order valence-corrected chi connectivity index (χ3v) is 15.8. The van der Waals surface area contributed by atoms with Gasteiger partial charge in [-0.15, -0.1) is 0 Å². The van der Waals surface area contributed by atoms with Crippen LogP contribution in [0.3, 0.4) is 0 Å². The average Bonchev–Trinajstić information content (AvgIpc) is 3.30. The zero-order valence-electron chi connectivity index (χ0n) is 44.9. The van der Waals surface area contributed by atoms with Crippen molar-refractivity contribution in [3.63, 3.8) is 0 Å². The summed E-state index contributed by atoms with van der Waals surface area (Å²) in [5.74, 6) is 0. The molecule has 1 radical (unpaired) electrons. The Morgan fingerprint density at radius 2 is 0.515 bits per heavy atom. The Balaban J connectivity index is 0.0000218. The first-order valence-corrected chi connectivity index (χ1v) is 30.9. The molecule has 0 spiro atoms. The van der Waals surface area contributed by atoms with Gasteiger partial charge in [0.2, 0.25) is 0 Å². The zero-order valence-corrected chi connectivity index (χ0v) is 47.7. The molecule has 2 aromatic carbocycles. The summed E-state index contributed by atoms with van der Waals surface area (Å²) in [5, 5.41) is 1.80. The molecule has 2 aromatic rings. The number of fused-ring (bicyclic) bond motifs is 1. The molecule has 379 valence electrons. The first kappa shape index (κ1) is 63.6. The molecule has 2 rings (SSSR count). The van der Waals surface area contributed by atoms with Crippen LogP contribution in [0.4, 0.5) is 0 Å². The van der Waals surface area contributed by atoms with Crippen molar-refractivity contribution in [2.75, 3.05) is 0 Å². The Labute approximate surface area is 435 Å². The molecular formula is C61H110NaO3S. The maximum absolute atomic E-state index is 13.4. The van der Waals surface area contributed by atoms with E-state index in [2.05, 4.69) is 32.9 Å². The van der Waals surface area contributed by atoms with Crippen molar-refractivity contribution in [3.05, 3.63) is 41.0 Å². The molecular weight excluding hydrogens is 836 g/mol. The van der Waals surface area contributed by atoms with Crippen LogP contribution in [0.25, 0.3) is 10.8 Å². The van der Waals surface area contributed by atoms with E-state index in [1.807, 2.05) is 12.1 Å². The van der Waals surface area contributed by atoms with Crippen LogP contribution in [0.2, 0.25) is 0 Å². The van der Waals surface area contributed by atoms with Gasteiger partial charge in [-0.1, -0.05) is 315 Å². The number of unbranched alkanes of at least 4 members (excludes halogenated alkanes) is 42. The van der Waals surface area contributed by atoms with Crippen molar-refractivity contribution >= 4 is 50.4 Å². The molecule has 0 fully saturated rings. The number of rotatable bonds is 49. The van der Waals surface area contributed by atoms with Crippen LogP contribution in [-0.4, -0.2) is 42.5 Å². The van der Waals surface area contributed by atoms with E-state index in [1.165, 1.54) is 274 Å². The predicted octanol–water partition coefficient (Wildman–Crippen LogP) is 20.9. The van der Waals surface area contributed by atoms with Gasteiger partial charge in [-0.05, 0) is 60.6 Å². The van der Waals surface area contributed by atoms with Crippen LogP contribution in [0.5, 0.6) is 0 Å². The summed E-state index contributed by atoms with van der Waals surface area (Å²) >= 11 is 0. The normalized spacial score (nSPS) is 11.8. The number of hydrogen-bond donors (Lipinski definition) is 1. The fraction of sp³-hybridized carbons (Fsp3) is 0.836. The molecule has 5 heteroatoms. The fourth-order valence-corrected chi connectivity index (χ4v) is 11.7. The minimum absolute atomic E-state index is 0. The van der Waals surface area contributed by atoms with Gasteiger partial charge in [0.1, 0.15) is 4.90 Å². The van der Waals surface area contributed by atoms with Crippen molar-refractivity contribution in [2.24, 2.45) is 0 Å². The Kier molecular flexibility index (Phi) is 44.1. The molecule has 66 heavy (non-hydrogen) atoms. The average molecular weight is 947 g/mol. The Hall–Kier alpha value is -0.390. The van der Waals surface area contributed by atoms with Gasteiger partial charge in [0.15, 0.2) is 0 Å². The number of aryl methyl sites for hydroxylation is 1. The molecule has 0 saturated carbocycles. The summed E-state index contributed by atoms with van der Waals surface area (Å²) in [4.78, 5) is 0.217. The van der Waals surface area contributed by atoms with Gasteiger partial charge in [-0.3, -0.25) is 4.55 Å². The topological polar surface area (TPSA) is 54.4 Å². The van der Waals surface area contributed by atoms with Crippen molar-refractivity contribution in [2.45, 2.75) is 334 Å². The molecule has 0 bridgehead atoms. The van der Waals surface area contributed by atoms with Crippen LogP contribution in [0, 0.1) is 0 Å². The van der Waals surface area contributed by atoms with Crippen molar-refractivity contribution in [1.29, 1.82) is 0 Å². The maximum atomic E-state index is 13.4. The summed E-state index contributed by atoms with van der Waals surface area (Å²) in [5.41, 5.74) is 3.59. The summed E-state index contributed by atoms with van der Waals surface area (Å²) in [6.07, 6.45) is 63.0. The van der Waals surface area contributed by atoms with Crippen LogP contribution in [0.15, 0.2) is 29.2 Å². The van der Waals surface area contributed by atoms with E-state index in [9.17, 15) is 13.0 Å². The summed E-state index contributed by atoms with van der Waals surface area (Å²) in [7, 11) is -4.38. The third-order valence-electron chi connectivity index (χ3n) is 14.8. The van der Waals surface area contributed by atoms with Crippen LogP contribution >= 0.6 is 0 Å². The van der Waals surface area contributed by atoms with Gasteiger partial charge in [0, 0.05) is 34.9 Å². The molecule has 0 aliphatic rings. The Bertz CT molecular complexity index is 1470. The second kappa shape index (κ2) is 45.7. The molecule has 0 amide bonds. The van der Waals surface area contributed by atoms with E-state index < -0.39 is 10.1 Å². The van der Waals surface area contributed by atoms with Gasteiger partial charge < -0.3 is 0 Å². The summed E-state index contributed by atoms with van der Waals surface area (Å²) < 4.78 is 37.6. The zero-order chi connectivity index (χ0) is 46.7. The van der Waals surface area contributed by atoms with Crippen LogP contribution in [0.1, 0.15) is 326 Å². The fourth-order valence-electron chi connectivity index (χ4n) is 10.8. The number of benzene rings is 2. The molecule has 3 nitrogen and oxygen atoms in total. The Morgan fingerprint density at radius 3 is 0.773 bits per heavy atom. The van der Waals surface area contributed by atoms with E-state index in [-0.39, 0.29) is 34.5 Å². The van der Waals surface area contributed by atoms with Crippen LogP contribution < -0.4 is 0 Å². The standard InChI is InChI=1S/C61H110O3S.Na/c1-4-7-10-13-16-19-22-25-28-31-34-37-40-43-46-51-56-57(52-47-44-41-38-35-32-29-26-23-20-17-14-11-8-5-2)59(61(65(62,63)64)60-55-50-49-53-58(56)60)54-48-45-42-39-36-33-30-27-24-21-18-15-12-9-6-3;/h49-50,53,55H,4-48,51-52,54H2,1-3H3,(H,62,63,64);. The summed E-state index contributed by atoms with van der Waals surface area (Å²) in [6, 6.07) is 8.12. The first-order chi connectivity index (χ1) is 32.0. The minimum atomic E-state index is -4.38. The third kappa shape index (κ3) is 32.5. The molecule has 0 aliphatic carbocycles. The maximum Gasteiger partial charge on any atom is 0.295 e. The van der Waals surface area contributed by atoms with Gasteiger partial charge in [-0.2, -0.15) is 8.42 Å². The minimum Gasteiger partial charge on any atom is -0.282 e. The number of hydrogen-bond acceptors (Lipinski definition) is 2. The Morgan fingerprint density at radius 1 is 0.303 bits per heavy atom. The second-order valence-electron chi connectivity index (χ2n) is 20.9. The molecule has 0 aromatic heterocycles. The molecule has 0 aliphatic heterocycles. The summed E-state index contributed by atoms with van der Waals surface area (Å²) in [6.45, 7) is 6.89. The van der Waals surface area contributed by atoms with Crippen molar-refractivity contribution in [3.8, 4) is 0 Å². The molecule has 0 atom stereocenters. The van der Waals surface area contributed by atoms with Gasteiger partial charge in [0.05, 0.1) is 0 Å². The van der Waals surface area contributed by atoms with Gasteiger partial charge in [0.25, 0.3) is 10.1 Å². The van der Waals surface area contributed by atoms with Gasteiger partial charge >= 0.3 is 0 Å². The quantitative estimate of drug-likeness (QED) is 0.0408. The largest absolute Gasteiger partial charge is 0.295 e. The molecule has 0 unspecified atom stereocenters. The molecule has 0 heterocycles. The smallest absolute Gasteiger partial charge is 0.282 e. The van der Waals surface area contributed by atoms with Crippen LogP contribution in [-0.2, 0) is 29.4 Å². The van der Waals surface area contributed by atoms with E-state index in [1.54, 1.807) is 0 Å². The second-order valence-corrected chi connectivity index (χ2v) is 22.2. The van der Waals surface area contributed by atoms with Crippen molar-refractivity contribution < 1.29 is 13.0 Å². The molecule has 0 saturated heterocycles. The monoisotopic (exact) mass is 946 g/mol. The van der Waals surface area contributed by atoms with E-state index >= 15 is 0 Å². The van der Waals surface area contributed by atoms with E-state index in [4.69, 9.17) is 0 Å². The van der Waals surface area contributed by atoms with Gasteiger partial charge in [-0.25, -0.2) is 0 Å². The first-order valence-electron chi connectivity index (χ1n) is 29.5.